The molecule has 1 saturated carbocycles. The van der Waals surface area contributed by atoms with Gasteiger partial charge < -0.3 is 20.3 Å². The highest BCUT2D eigenvalue weighted by Crippen LogP contribution is 2.26. The summed E-state index contributed by atoms with van der Waals surface area (Å²) < 4.78 is 5.82. The summed E-state index contributed by atoms with van der Waals surface area (Å²) in [5.41, 5.74) is 1.20. The molecule has 1 aromatic carbocycles. The van der Waals surface area contributed by atoms with Gasteiger partial charge in [-0.15, -0.1) is 24.0 Å². The summed E-state index contributed by atoms with van der Waals surface area (Å²) in [4.78, 5) is 9.69. The zero-order valence-corrected chi connectivity index (χ0v) is 21.9. The number of likely N-dealkylation sites (tertiary alicyclic amines) is 1. The minimum atomic E-state index is 0. The van der Waals surface area contributed by atoms with Crippen LogP contribution in [0.25, 0.3) is 0 Å². The molecule has 1 heterocycles. The van der Waals surface area contributed by atoms with E-state index in [1.165, 1.54) is 44.2 Å². The third kappa shape index (κ3) is 9.14. The lowest BCUT2D eigenvalue weighted by atomic mass is 10.2. The first kappa shape index (κ1) is 26.2. The van der Waals surface area contributed by atoms with E-state index in [0.29, 0.717) is 12.6 Å². The van der Waals surface area contributed by atoms with Gasteiger partial charge in [-0.1, -0.05) is 25.0 Å². The molecule has 2 N–H and O–H groups in total. The van der Waals surface area contributed by atoms with Crippen LogP contribution in [-0.4, -0.2) is 74.7 Å². The topological polar surface area (TPSA) is 52.1 Å². The van der Waals surface area contributed by atoms with Crippen LogP contribution < -0.4 is 15.4 Å². The van der Waals surface area contributed by atoms with Crippen LogP contribution in [0.1, 0.15) is 51.0 Å². The van der Waals surface area contributed by atoms with Gasteiger partial charge in [0.05, 0.1) is 13.2 Å². The second kappa shape index (κ2) is 14.2. The fourth-order valence-corrected chi connectivity index (χ4v) is 4.45. The van der Waals surface area contributed by atoms with Crippen LogP contribution in [-0.2, 0) is 6.54 Å². The SMILES string of the molecule is CCNC(=NCc1ccc(OCCCN(C)C)cc1)NC1CCN(C2CCCC2)C1.I. The molecule has 0 aromatic heterocycles. The third-order valence-electron chi connectivity index (χ3n) is 6.11. The van der Waals surface area contributed by atoms with E-state index in [2.05, 4.69) is 65.7 Å². The average molecular weight is 544 g/mol. The number of hydrogen-bond acceptors (Lipinski definition) is 4. The van der Waals surface area contributed by atoms with Crippen molar-refractivity contribution in [3.63, 3.8) is 0 Å². The van der Waals surface area contributed by atoms with Crippen molar-refractivity contribution in [2.45, 2.75) is 64.1 Å². The van der Waals surface area contributed by atoms with E-state index >= 15 is 0 Å². The Labute approximate surface area is 206 Å². The van der Waals surface area contributed by atoms with Crippen molar-refractivity contribution in [3.8, 4) is 5.75 Å². The summed E-state index contributed by atoms with van der Waals surface area (Å²) in [6.07, 6.45) is 7.83. The predicted octanol–water partition coefficient (Wildman–Crippen LogP) is 3.71. The molecule has 31 heavy (non-hydrogen) atoms. The Morgan fingerprint density at radius 3 is 2.58 bits per heavy atom. The Morgan fingerprint density at radius 1 is 1.16 bits per heavy atom. The van der Waals surface area contributed by atoms with Crippen LogP contribution in [0.15, 0.2) is 29.3 Å². The van der Waals surface area contributed by atoms with Crippen LogP contribution in [0.4, 0.5) is 0 Å². The standard InChI is InChI=1S/C24H41N5O.HI/c1-4-25-24(27-21-14-16-29(19-21)22-8-5-6-9-22)26-18-20-10-12-23(13-11-20)30-17-7-15-28(2)3;/h10-13,21-22H,4-9,14-19H2,1-3H3,(H2,25,26,27);1H. The van der Waals surface area contributed by atoms with E-state index in [0.717, 1.165) is 50.4 Å². The lowest BCUT2D eigenvalue weighted by Gasteiger charge is -2.24. The molecular formula is C24H42IN5O. The van der Waals surface area contributed by atoms with Gasteiger partial charge in [-0.2, -0.15) is 0 Å². The molecule has 1 aromatic rings. The van der Waals surface area contributed by atoms with Crippen molar-refractivity contribution in [2.75, 3.05) is 46.9 Å². The van der Waals surface area contributed by atoms with Crippen LogP contribution in [0.5, 0.6) is 5.75 Å². The molecule has 0 amide bonds. The smallest absolute Gasteiger partial charge is 0.191 e. The molecular weight excluding hydrogens is 501 g/mol. The highest BCUT2D eigenvalue weighted by Gasteiger charge is 2.30. The summed E-state index contributed by atoms with van der Waals surface area (Å²) in [5.74, 6) is 1.87. The summed E-state index contributed by atoms with van der Waals surface area (Å²) in [6.45, 7) is 7.85. The second-order valence-electron chi connectivity index (χ2n) is 8.91. The lowest BCUT2D eigenvalue weighted by Crippen LogP contribution is -2.45. The molecule has 0 bridgehead atoms. The number of nitrogens with zero attached hydrogens (tertiary/aromatic N) is 3. The molecule has 1 saturated heterocycles. The highest BCUT2D eigenvalue weighted by molar-refractivity contribution is 14.0. The van der Waals surface area contributed by atoms with Gasteiger partial charge in [-0.3, -0.25) is 4.90 Å². The number of rotatable bonds is 10. The van der Waals surface area contributed by atoms with E-state index in [1.54, 1.807) is 0 Å². The normalized spacial score (nSPS) is 20.1. The van der Waals surface area contributed by atoms with Crippen LogP contribution in [0, 0.1) is 0 Å². The summed E-state index contributed by atoms with van der Waals surface area (Å²) >= 11 is 0. The van der Waals surface area contributed by atoms with Crippen molar-refractivity contribution in [1.29, 1.82) is 0 Å². The lowest BCUT2D eigenvalue weighted by molar-refractivity contribution is 0.242. The first-order valence-corrected chi connectivity index (χ1v) is 11.8. The van der Waals surface area contributed by atoms with Crippen molar-refractivity contribution in [2.24, 2.45) is 4.99 Å². The van der Waals surface area contributed by atoms with Gasteiger partial charge in [0.1, 0.15) is 5.75 Å². The zero-order valence-electron chi connectivity index (χ0n) is 19.6. The fraction of sp³-hybridized carbons (Fsp3) is 0.708. The summed E-state index contributed by atoms with van der Waals surface area (Å²) in [7, 11) is 4.17. The van der Waals surface area contributed by atoms with Gasteiger partial charge in [0.15, 0.2) is 5.96 Å². The Bertz CT molecular complexity index is 646. The minimum Gasteiger partial charge on any atom is -0.494 e. The minimum absolute atomic E-state index is 0. The Morgan fingerprint density at radius 2 is 1.90 bits per heavy atom. The van der Waals surface area contributed by atoms with Crippen molar-refractivity contribution >= 4 is 29.9 Å². The van der Waals surface area contributed by atoms with Crippen LogP contribution in [0.2, 0.25) is 0 Å². The van der Waals surface area contributed by atoms with E-state index in [9.17, 15) is 0 Å². The zero-order chi connectivity index (χ0) is 21.2. The summed E-state index contributed by atoms with van der Waals surface area (Å²) in [5, 5.41) is 7.07. The summed E-state index contributed by atoms with van der Waals surface area (Å²) in [6, 6.07) is 9.66. The molecule has 6 nitrogen and oxygen atoms in total. The molecule has 7 heteroatoms. The van der Waals surface area contributed by atoms with Gasteiger partial charge in [0.2, 0.25) is 0 Å². The number of hydrogen-bond donors (Lipinski definition) is 2. The maximum Gasteiger partial charge on any atom is 0.191 e. The van der Waals surface area contributed by atoms with Gasteiger partial charge in [0, 0.05) is 38.3 Å². The number of guanidine groups is 1. The molecule has 1 aliphatic heterocycles. The molecule has 0 radical (unpaired) electrons. The monoisotopic (exact) mass is 543 g/mol. The molecule has 1 atom stereocenters. The molecule has 0 spiro atoms. The molecule has 3 rings (SSSR count). The Kier molecular flexibility index (Phi) is 12.0. The van der Waals surface area contributed by atoms with Gasteiger partial charge >= 0.3 is 0 Å². The van der Waals surface area contributed by atoms with E-state index < -0.39 is 0 Å². The third-order valence-corrected chi connectivity index (χ3v) is 6.11. The van der Waals surface area contributed by atoms with E-state index in [-0.39, 0.29) is 24.0 Å². The highest BCUT2D eigenvalue weighted by atomic mass is 127. The van der Waals surface area contributed by atoms with Gasteiger partial charge in [-0.25, -0.2) is 4.99 Å². The van der Waals surface area contributed by atoms with Crippen molar-refractivity contribution < 1.29 is 4.74 Å². The van der Waals surface area contributed by atoms with E-state index in [4.69, 9.17) is 9.73 Å². The number of aliphatic imine (C=N–C) groups is 1. The molecule has 1 unspecified atom stereocenters. The average Bonchev–Trinajstić information content (AvgIpc) is 3.42. The predicted molar refractivity (Wildman–Crippen MR) is 141 cm³/mol. The van der Waals surface area contributed by atoms with Crippen LogP contribution >= 0.6 is 24.0 Å². The number of nitrogens with one attached hydrogen (secondary N) is 2. The van der Waals surface area contributed by atoms with E-state index in [1.807, 2.05) is 0 Å². The second-order valence-corrected chi connectivity index (χ2v) is 8.91. The van der Waals surface area contributed by atoms with Gasteiger partial charge in [-0.05, 0) is 64.4 Å². The molecule has 1 aliphatic carbocycles. The Balaban J connectivity index is 0.00000341. The maximum atomic E-state index is 5.82. The first-order chi connectivity index (χ1) is 14.6. The van der Waals surface area contributed by atoms with Crippen molar-refractivity contribution in [1.82, 2.24) is 20.4 Å². The largest absolute Gasteiger partial charge is 0.494 e. The Hall–Kier alpha value is -1.06. The molecule has 2 fully saturated rings. The van der Waals surface area contributed by atoms with Gasteiger partial charge in [0.25, 0.3) is 0 Å². The van der Waals surface area contributed by atoms with Crippen molar-refractivity contribution in [3.05, 3.63) is 29.8 Å². The fourth-order valence-electron chi connectivity index (χ4n) is 4.45. The maximum absolute atomic E-state index is 5.82. The number of halogens is 1. The first-order valence-electron chi connectivity index (χ1n) is 11.8. The quantitative estimate of drug-likeness (QED) is 0.204. The number of ether oxygens (including phenoxy) is 1. The number of benzene rings is 1. The van der Waals surface area contributed by atoms with Crippen LogP contribution in [0.3, 0.4) is 0 Å². The molecule has 2 aliphatic rings. The molecule has 176 valence electrons.